The van der Waals surface area contributed by atoms with Crippen LogP contribution < -0.4 is 24.4 Å². The lowest BCUT2D eigenvalue weighted by Crippen LogP contribution is -2.46. The molecule has 4 rings (SSSR count). The molecule has 1 unspecified atom stereocenters. The van der Waals surface area contributed by atoms with Crippen molar-refractivity contribution in [2.45, 2.75) is 26.9 Å². The van der Waals surface area contributed by atoms with Crippen molar-refractivity contribution in [3.05, 3.63) is 77.9 Å². The van der Waals surface area contributed by atoms with Gasteiger partial charge in [0, 0.05) is 5.69 Å². The predicted octanol–water partition coefficient (Wildman–Crippen LogP) is 4.51. The van der Waals surface area contributed by atoms with E-state index in [-0.39, 0.29) is 18.4 Å². The number of amides is 2. The second kappa shape index (κ2) is 10.3. The van der Waals surface area contributed by atoms with Crippen LogP contribution in [0.25, 0.3) is 0 Å². The highest BCUT2D eigenvalue weighted by atomic mass is 16.5. The maximum absolute atomic E-state index is 12.8. The van der Waals surface area contributed by atoms with Crippen molar-refractivity contribution in [1.82, 2.24) is 0 Å². The number of aryl methyl sites for hydroxylation is 2. The first-order valence-corrected chi connectivity index (χ1v) is 11.2. The molecule has 2 amide bonds. The number of rotatable bonds is 8. The van der Waals surface area contributed by atoms with Crippen LogP contribution in [0.1, 0.15) is 18.1 Å². The summed E-state index contributed by atoms with van der Waals surface area (Å²) in [6, 6.07) is 20.5. The molecule has 1 N–H and O–H groups in total. The van der Waals surface area contributed by atoms with Gasteiger partial charge in [-0.3, -0.25) is 9.59 Å². The SMILES string of the molecule is Cc1ccc(OCCN2C(=O)C(C)Oc3ccc(NC(=O)COc4ccc(C)cc4)cc32)cc1. The summed E-state index contributed by atoms with van der Waals surface area (Å²) in [5, 5.41) is 2.82. The van der Waals surface area contributed by atoms with Crippen molar-refractivity contribution in [2.24, 2.45) is 0 Å². The molecule has 1 aliphatic heterocycles. The van der Waals surface area contributed by atoms with Crippen LogP contribution in [0.15, 0.2) is 66.7 Å². The molecule has 0 bridgehead atoms. The minimum absolute atomic E-state index is 0.124. The van der Waals surface area contributed by atoms with Crippen LogP contribution in [0.4, 0.5) is 11.4 Å². The Hall–Kier alpha value is -4.00. The Morgan fingerprint density at radius 2 is 1.56 bits per heavy atom. The second-order valence-electron chi connectivity index (χ2n) is 8.24. The van der Waals surface area contributed by atoms with Crippen LogP contribution in [0.5, 0.6) is 17.2 Å². The number of nitrogens with one attached hydrogen (secondary N) is 1. The summed E-state index contributed by atoms with van der Waals surface area (Å²) in [6.07, 6.45) is -0.602. The molecule has 0 fully saturated rings. The fourth-order valence-corrected chi connectivity index (χ4v) is 3.59. The Morgan fingerprint density at radius 3 is 2.21 bits per heavy atom. The molecule has 1 atom stereocenters. The average molecular weight is 461 g/mol. The Balaban J connectivity index is 1.40. The quantitative estimate of drug-likeness (QED) is 0.535. The molecule has 1 heterocycles. The van der Waals surface area contributed by atoms with Gasteiger partial charge in [0.2, 0.25) is 0 Å². The van der Waals surface area contributed by atoms with E-state index in [1.54, 1.807) is 30.0 Å². The molecule has 0 aromatic heterocycles. The number of nitrogens with zero attached hydrogens (tertiary/aromatic N) is 1. The van der Waals surface area contributed by atoms with Gasteiger partial charge in [0.1, 0.15) is 23.9 Å². The summed E-state index contributed by atoms with van der Waals surface area (Å²) in [4.78, 5) is 26.9. The third-order valence-corrected chi connectivity index (χ3v) is 5.45. The number of carbonyl (C=O) groups excluding carboxylic acids is 2. The number of anilines is 2. The summed E-state index contributed by atoms with van der Waals surface area (Å²) < 4.78 is 17.1. The van der Waals surface area contributed by atoms with Crippen molar-refractivity contribution >= 4 is 23.2 Å². The van der Waals surface area contributed by atoms with Crippen molar-refractivity contribution in [3.8, 4) is 17.2 Å². The van der Waals surface area contributed by atoms with Gasteiger partial charge in [-0.05, 0) is 63.2 Å². The second-order valence-corrected chi connectivity index (χ2v) is 8.24. The summed E-state index contributed by atoms with van der Waals surface area (Å²) in [7, 11) is 0. The molecule has 34 heavy (non-hydrogen) atoms. The zero-order valence-corrected chi connectivity index (χ0v) is 19.5. The van der Waals surface area contributed by atoms with E-state index in [4.69, 9.17) is 14.2 Å². The molecular weight excluding hydrogens is 432 g/mol. The predicted molar refractivity (Wildman–Crippen MR) is 131 cm³/mol. The van der Waals surface area contributed by atoms with Gasteiger partial charge >= 0.3 is 0 Å². The van der Waals surface area contributed by atoms with E-state index >= 15 is 0 Å². The van der Waals surface area contributed by atoms with Gasteiger partial charge in [-0.25, -0.2) is 0 Å². The molecule has 3 aromatic carbocycles. The van der Waals surface area contributed by atoms with Crippen molar-refractivity contribution in [2.75, 3.05) is 30.0 Å². The first-order valence-electron chi connectivity index (χ1n) is 11.2. The molecule has 176 valence electrons. The lowest BCUT2D eigenvalue weighted by atomic mass is 10.1. The van der Waals surface area contributed by atoms with Crippen LogP contribution in [0.3, 0.4) is 0 Å². The molecule has 0 radical (unpaired) electrons. The summed E-state index contributed by atoms with van der Waals surface area (Å²) in [5.41, 5.74) is 3.41. The highest BCUT2D eigenvalue weighted by molar-refractivity contribution is 6.01. The van der Waals surface area contributed by atoms with Gasteiger partial charge in [0.25, 0.3) is 11.8 Å². The molecule has 0 saturated carbocycles. The maximum Gasteiger partial charge on any atom is 0.267 e. The van der Waals surface area contributed by atoms with Gasteiger partial charge < -0.3 is 24.4 Å². The molecular formula is C27H28N2O5. The highest BCUT2D eigenvalue weighted by Gasteiger charge is 2.31. The number of ether oxygens (including phenoxy) is 3. The summed E-state index contributed by atoms with van der Waals surface area (Å²) >= 11 is 0. The zero-order valence-electron chi connectivity index (χ0n) is 19.5. The lowest BCUT2D eigenvalue weighted by Gasteiger charge is -2.33. The fraction of sp³-hybridized carbons (Fsp3) is 0.259. The van der Waals surface area contributed by atoms with Gasteiger partial charge in [-0.15, -0.1) is 0 Å². The van der Waals surface area contributed by atoms with Crippen molar-refractivity contribution < 1.29 is 23.8 Å². The number of hydrogen-bond acceptors (Lipinski definition) is 5. The summed E-state index contributed by atoms with van der Waals surface area (Å²) in [6.45, 7) is 6.26. The van der Waals surface area contributed by atoms with Crippen LogP contribution in [0, 0.1) is 13.8 Å². The van der Waals surface area contributed by atoms with Crippen molar-refractivity contribution in [3.63, 3.8) is 0 Å². The van der Waals surface area contributed by atoms with Crippen LogP contribution in [-0.2, 0) is 9.59 Å². The van der Waals surface area contributed by atoms with E-state index in [2.05, 4.69) is 5.32 Å². The van der Waals surface area contributed by atoms with E-state index in [0.29, 0.717) is 36.0 Å². The standard InChI is InChI=1S/C27H28N2O5/c1-18-4-9-22(10-5-18)32-15-14-29-24-16-21(8-13-25(24)34-20(3)27(29)31)28-26(30)17-33-23-11-6-19(2)7-12-23/h4-13,16,20H,14-15,17H2,1-3H3,(H,28,30). The van der Waals surface area contributed by atoms with E-state index in [9.17, 15) is 9.59 Å². The van der Waals surface area contributed by atoms with E-state index in [1.165, 1.54) is 0 Å². The summed E-state index contributed by atoms with van der Waals surface area (Å²) in [5.74, 6) is 1.49. The number of hydrogen-bond donors (Lipinski definition) is 1. The topological polar surface area (TPSA) is 77.1 Å². The van der Waals surface area contributed by atoms with E-state index in [1.807, 2.05) is 62.4 Å². The fourth-order valence-electron chi connectivity index (χ4n) is 3.59. The molecule has 0 spiro atoms. The zero-order chi connectivity index (χ0) is 24.1. The van der Waals surface area contributed by atoms with Crippen molar-refractivity contribution in [1.29, 1.82) is 0 Å². The Kier molecular flexibility index (Phi) is 7.01. The molecule has 3 aromatic rings. The lowest BCUT2D eigenvalue weighted by molar-refractivity contribution is -0.125. The molecule has 7 heteroatoms. The normalized spacial score (nSPS) is 14.7. The number of benzene rings is 3. The minimum atomic E-state index is -0.602. The van der Waals surface area contributed by atoms with Gasteiger partial charge in [-0.2, -0.15) is 0 Å². The molecule has 0 saturated heterocycles. The molecule has 0 aliphatic carbocycles. The first-order chi connectivity index (χ1) is 16.4. The van der Waals surface area contributed by atoms with Crippen LogP contribution >= 0.6 is 0 Å². The molecule has 1 aliphatic rings. The number of carbonyl (C=O) groups is 2. The Bertz CT molecular complexity index is 1160. The number of fused-ring (bicyclic) bond motifs is 1. The van der Waals surface area contributed by atoms with E-state index < -0.39 is 6.10 Å². The maximum atomic E-state index is 12.8. The first kappa shape index (κ1) is 23.2. The third-order valence-electron chi connectivity index (χ3n) is 5.45. The highest BCUT2D eigenvalue weighted by Crippen LogP contribution is 2.36. The average Bonchev–Trinajstić information content (AvgIpc) is 2.83. The van der Waals surface area contributed by atoms with Crippen LogP contribution in [0.2, 0.25) is 0 Å². The van der Waals surface area contributed by atoms with Gasteiger partial charge in [-0.1, -0.05) is 35.4 Å². The Labute approximate surface area is 199 Å². The van der Waals surface area contributed by atoms with E-state index in [0.717, 1.165) is 16.9 Å². The minimum Gasteiger partial charge on any atom is -0.492 e. The Morgan fingerprint density at radius 1 is 0.941 bits per heavy atom. The van der Waals surface area contributed by atoms with Gasteiger partial charge in [0.05, 0.1) is 12.2 Å². The molecule has 7 nitrogen and oxygen atoms in total. The van der Waals surface area contributed by atoms with Crippen LogP contribution in [-0.4, -0.2) is 37.7 Å². The monoisotopic (exact) mass is 460 g/mol. The van der Waals surface area contributed by atoms with Gasteiger partial charge in [0.15, 0.2) is 12.7 Å². The largest absolute Gasteiger partial charge is 0.492 e. The smallest absolute Gasteiger partial charge is 0.267 e. The third kappa shape index (κ3) is 5.67.